The molecule has 7 nitrogen and oxygen atoms in total. The number of H-pyrrole nitrogens is 1. The Morgan fingerprint density at radius 3 is 2.87 bits per heavy atom. The summed E-state index contributed by atoms with van der Waals surface area (Å²) in [5, 5.41) is 19.9. The molecule has 2 fully saturated rings. The van der Waals surface area contributed by atoms with Crippen LogP contribution < -0.4 is 15.8 Å². The number of aliphatic hydroxyl groups is 1. The van der Waals surface area contributed by atoms with Crippen molar-refractivity contribution in [2.75, 3.05) is 18.0 Å². The third-order valence-electron chi connectivity index (χ3n) is 6.86. The number of fused-ring (bicyclic) bond motifs is 1. The Labute approximate surface area is 182 Å². The van der Waals surface area contributed by atoms with Gasteiger partial charge in [0.2, 0.25) is 0 Å². The SMILES string of the molecule is O=c1ccc(N2CCCCC2CNCc2c[nH]c3ccccc23)nn1C1CCCC1O. The molecular weight excluding hydrogens is 390 g/mol. The summed E-state index contributed by atoms with van der Waals surface area (Å²) in [6.07, 6.45) is 7.54. The fourth-order valence-electron chi connectivity index (χ4n) is 5.18. The highest BCUT2D eigenvalue weighted by Crippen LogP contribution is 2.29. The average Bonchev–Trinajstić information content (AvgIpc) is 3.41. The molecule has 3 aromatic rings. The summed E-state index contributed by atoms with van der Waals surface area (Å²) < 4.78 is 1.53. The largest absolute Gasteiger partial charge is 0.391 e. The first-order chi connectivity index (χ1) is 15.2. The van der Waals surface area contributed by atoms with Gasteiger partial charge in [0, 0.05) is 48.8 Å². The number of piperidine rings is 1. The quantitative estimate of drug-likeness (QED) is 0.570. The second kappa shape index (κ2) is 8.85. The molecule has 164 valence electrons. The first kappa shape index (κ1) is 20.3. The highest BCUT2D eigenvalue weighted by molar-refractivity contribution is 5.82. The molecule has 2 aliphatic rings. The van der Waals surface area contributed by atoms with E-state index in [1.54, 1.807) is 6.07 Å². The van der Waals surface area contributed by atoms with Crippen LogP contribution in [0, 0.1) is 0 Å². The minimum Gasteiger partial charge on any atom is -0.391 e. The van der Waals surface area contributed by atoms with Crippen LogP contribution >= 0.6 is 0 Å². The number of anilines is 1. The maximum absolute atomic E-state index is 12.4. The number of nitrogens with one attached hydrogen (secondary N) is 2. The molecule has 5 rings (SSSR count). The number of rotatable bonds is 6. The van der Waals surface area contributed by atoms with Crippen molar-refractivity contribution in [2.24, 2.45) is 0 Å². The Bertz CT molecular complexity index is 1090. The van der Waals surface area contributed by atoms with E-state index in [0.717, 1.165) is 57.6 Å². The molecular formula is C24H31N5O2. The van der Waals surface area contributed by atoms with Gasteiger partial charge < -0.3 is 20.3 Å². The van der Waals surface area contributed by atoms with E-state index in [1.807, 2.05) is 12.1 Å². The molecule has 1 saturated heterocycles. The van der Waals surface area contributed by atoms with Crippen molar-refractivity contribution in [2.45, 2.75) is 63.3 Å². The minimum atomic E-state index is -0.476. The van der Waals surface area contributed by atoms with Crippen LogP contribution in [0.5, 0.6) is 0 Å². The summed E-state index contributed by atoms with van der Waals surface area (Å²) in [7, 11) is 0. The third kappa shape index (κ3) is 4.12. The van der Waals surface area contributed by atoms with Crippen molar-refractivity contribution >= 4 is 16.7 Å². The van der Waals surface area contributed by atoms with Crippen molar-refractivity contribution in [3.8, 4) is 0 Å². The number of hydrogen-bond donors (Lipinski definition) is 3. The first-order valence-electron chi connectivity index (χ1n) is 11.5. The van der Waals surface area contributed by atoms with Gasteiger partial charge in [0.1, 0.15) is 5.82 Å². The van der Waals surface area contributed by atoms with Gasteiger partial charge in [-0.25, -0.2) is 4.68 Å². The van der Waals surface area contributed by atoms with Crippen LogP contribution in [0.1, 0.15) is 50.1 Å². The van der Waals surface area contributed by atoms with Gasteiger partial charge >= 0.3 is 0 Å². The normalized spacial score (nSPS) is 24.2. The zero-order valence-corrected chi connectivity index (χ0v) is 17.8. The van der Waals surface area contributed by atoms with E-state index in [9.17, 15) is 9.90 Å². The molecule has 0 bridgehead atoms. The van der Waals surface area contributed by atoms with E-state index in [1.165, 1.54) is 27.6 Å². The Balaban J connectivity index is 1.30. The summed E-state index contributed by atoms with van der Waals surface area (Å²) in [5.74, 6) is 0.845. The second-order valence-corrected chi connectivity index (χ2v) is 8.87. The van der Waals surface area contributed by atoms with Crippen LogP contribution in [0.25, 0.3) is 10.9 Å². The number of nitrogens with zero attached hydrogens (tertiary/aromatic N) is 3. The molecule has 31 heavy (non-hydrogen) atoms. The van der Waals surface area contributed by atoms with Gasteiger partial charge in [-0.15, -0.1) is 0 Å². The predicted octanol–water partition coefficient (Wildman–Crippen LogP) is 2.96. The van der Waals surface area contributed by atoms with E-state index >= 15 is 0 Å². The monoisotopic (exact) mass is 421 g/mol. The predicted molar refractivity (Wildman–Crippen MR) is 122 cm³/mol. The molecule has 1 aromatic carbocycles. The number of aromatic amines is 1. The summed E-state index contributed by atoms with van der Waals surface area (Å²) in [4.78, 5) is 18.1. The smallest absolute Gasteiger partial charge is 0.267 e. The van der Waals surface area contributed by atoms with Gasteiger partial charge in [-0.05, 0) is 56.2 Å². The lowest BCUT2D eigenvalue weighted by Gasteiger charge is -2.37. The molecule has 7 heteroatoms. The van der Waals surface area contributed by atoms with E-state index in [-0.39, 0.29) is 11.6 Å². The summed E-state index contributed by atoms with van der Waals surface area (Å²) >= 11 is 0. The van der Waals surface area contributed by atoms with Gasteiger partial charge in [-0.3, -0.25) is 4.79 Å². The van der Waals surface area contributed by atoms with Crippen LogP contribution in [0.15, 0.2) is 47.4 Å². The Morgan fingerprint density at radius 2 is 2.00 bits per heavy atom. The fourth-order valence-corrected chi connectivity index (χ4v) is 5.18. The average molecular weight is 422 g/mol. The zero-order valence-electron chi connectivity index (χ0n) is 17.8. The summed E-state index contributed by atoms with van der Waals surface area (Å²) in [6, 6.07) is 12.0. The van der Waals surface area contributed by atoms with Crippen LogP contribution in [0.3, 0.4) is 0 Å². The first-order valence-corrected chi connectivity index (χ1v) is 11.5. The van der Waals surface area contributed by atoms with Crippen molar-refractivity contribution in [1.29, 1.82) is 0 Å². The number of benzene rings is 1. The highest BCUT2D eigenvalue weighted by atomic mass is 16.3. The highest BCUT2D eigenvalue weighted by Gasteiger charge is 2.30. The third-order valence-corrected chi connectivity index (χ3v) is 6.86. The van der Waals surface area contributed by atoms with E-state index in [0.29, 0.717) is 6.04 Å². The van der Waals surface area contributed by atoms with E-state index < -0.39 is 6.10 Å². The fraction of sp³-hybridized carbons (Fsp3) is 0.500. The van der Waals surface area contributed by atoms with Crippen molar-refractivity contribution in [3.63, 3.8) is 0 Å². The molecule has 0 amide bonds. The van der Waals surface area contributed by atoms with E-state index in [4.69, 9.17) is 5.10 Å². The second-order valence-electron chi connectivity index (χ2n) is 8.87. The summed E-state index contributed by atoms with van der Waals surface area (Å²) in [6.45, 7) is 2.62. The molecule has 3 unspecified atom stereocenters. The zero-order chi connectivity index (χ0) is 21.2. The lowest BCUT2D eigenvalue weighted by atomic mass is 10.0. The van der Waals surface area contributed by atoms with Crippen LogP contribution in [-0.4, -0.2) is 45.1 Å². The molecule has 3 atom stereocenters. The van der Waals surface area contributed by atoms with Crippen molar-refractivity contribution in [3.05, 3.63) is 58.5 Å². The molecule has 0 spiro atoms. The Morgan fingerprint density at radius 1 is 1.10 bits per heavy atom. The lowest BCUT2D eigenvalue weighted by Crippen LogP contribution is -2.46. The van der Waals surface area contributed by atoms with Gasteiger partial charge in [0.25, 0.3) is 5.56 Å². The van der Waals surface area contributed by atoms with E-state index in [2.05, 4.69) is 39.6 Å². The molecule has 0 radical (unpaired) electrons. The number of aromatic nitrogens is 3. The topological polar surface area (TPSA) is 86.2 Å². The molecule has 1 aliphatic carbocycles. The number of aliphatic hydroxyl groups excluding tert-OH is 1. The Hall–Kier alpha value is -2.64. The van der Waals surface area contributed by atoms with Gasteiger partial charge in [-0.2, -0.15) is 5.10 Å². The number of para-hydroxylation sites is 1. The molecule has 3 N–H and O–H groups in total. The maximum atomic E-state index is 12.4. The maximum Gasteiger partial charge on any atom is 0.267 e. The van der Waals surface area contributed by atoms with Gasteiger partial charge in [-0.1, -0.05) is 18.2 Å². The minimum absolute atomic E-state index is 0.124. The van der Waals surface area contributed by atoms with Crippen molar-refractivity contribution in [1.82, 2.24) is 20.1 Å². The number of hydrogen-bond acceptors (Lipinski definition) is 5. The van der Waals surface area contributed by atoms with Crippen molar-refractivity contribution < 1.29 is 5.11 Å². The van der Waals surface area contributed by atoms with Crippen LogP contribution in [-0.2, 0) is 6.54 Å². The molecule has 1 saturated carbocycles. The molecule has 1 aliphatic heterocycles. The van der Waals surface area contributed by atoms with Gasteiger partial charge in [0.05, 0.1) is 12.1 Å². The standard InChI is InChI=1S/C24H31N5O2/c30-22-10-5-9-21(22)29-24(31)12-11-23(27-29)28-13-4-3-6-18(28)16-25-14-17-15-26-20-8-2-1-7-19(17)20/h1-2,7-8,11-12,15,18,21-22,25-26,30H,3-6,9-10,13-14,16H2. The van der Waals surface area contributed by atoms with Crippen LogP contribution in [0.2, 0.25) is 0 Å². The summed E-state index contributed by atoms with van der Waals surface area (Å²) in [5.41, 5.74) is 2.32. The molecule has 3 heterocycles. The Kier molecular flexibility index (Phi) is 5.78. The van der Waals surface area contributed by atoms with Crippen LogP contribution in [0.4, 0.5) is 5.82 Å². The lowest BCUT2D eigenvalue weighted by molar-refractivity contribution is 0.127. The molecule has 2 aromatic heterocycles. The van der Waals surface area contributed by atoms with Gasteiger partial charge in [0.15, 0.2) is 0 Å².